The first-order chi connectivity index (χ1) is 8.43. The predicted molar refractivity (Wildman–Crippen MR) is 69.9 cm³/mol. The number of benzene rings is 2. The molecule has 2 heterocycles. The van der Waals surface area contributed by atoms with Gasteiger partial charge in [-0.2, -0.15) is 0 Å². The van der Waals surface area contributed by atoms with Crippen molar-refractivity contribution in [2.75, 3.05) is 0 Å². The van der Waals surface area contributed by atoms with Gasteiger partial charge in [0, 0.05) is 28.4 Å². The summed E-state index contributed by atoms with van der Waals surface area (Å²) in [5, 5.41) is 3.81. The normalized spacial score (nSPS) is 11.5. The van der Waals surface area contributed by atoms with Crippen LogP contribution < -0.4 is 4.98 Å². The second kappa shape index (κ2) is 3.08. The number of H-pyrrole nitrogens is 2. The highest BCUT2D eigenvalue weighted by atomic mass is 14.7. The van der Waals surface area contributed by atoms with Crippen molar-refractivity contribution in [3.63, 3.8) is 0 Å². The van der Waals surface area contributed by atoms with Gasteiger partial charge in [0.1, 0.15) is 0 Å². The highest BCUT2D eigenvalue weighted by Crippen LogP contribution is 2.29. The Labute approximate surface area is 97.9 Å². The highest BCUT2D eigenvalue weighted by Gasteiger charge is 2.09. The first-order valence-electron chi connectivity index (χ1n) is 5.73. The lowest BCUT2D eigenvalue weighted by Crippen LogP contribution is -2.00. The summed E-state index contributed by atoms with van der Waals surface area (Å²) in [7, 11) is 0. The Kier molecular flexibility index (Phi) is 1.59. The minimum absolute atomic E-state index is 1.16. The van der Waals surface area contributed by atoms with Crippen molar-refractivity contribution in [1.29, 1.82) is 0 Å². The van der Waals surface area contributed by atoms with E-state index in [2.05, 4.69) is 52.4 Å². The largest absolute Gasteiger partial charge is 0.354 e. The van der Waals surface area contributed by atoms with E-state index >= 15 is 0 Å². The maximum Gasteiger partial charge on any atom is 0.212 e. The molecule has 0 amide bonds. The minimum Gasteiger partial charge on any atom is -0.354 e. The first-order valence-corrected chi connectivity index (χ1v) is 5.73. The van der Waals surface area contributed by atoms with Crippen LogP contribution in [-0.2, 0) is 0 Å². The molecule has 0 unspecified atom stereocenters. The molecule has 0 spiro atoms. The van der Waals surface area contributed by atoms with Crippen LogP contribution in [0.25, 0.3) is 32.7 Å². The van der Waals surface area contributed by atoms with Crippen LogP contribution in [0, 0.1) is 0 Å². The maximum atomic E-state index is 3.50. The molecular weight excluding hydrogens is 208 g/mol. The van der Waals surface area contributed by atoms with Crippen LogP contribution >= 0.6 is 0 Å². The third-order valence-corrected chi connectivity index (χ3v) is 3.32. The fourth-order valence-electron chi connectivity index (χ4n) is 2.52. The summed E-state index contributed by atoms with van der Waals surface area (Å²) >= 11 is 0. The Morgan fingerprint density at radius 1 is 0.765 bits per heavy atom. The summed E-state index contributed by atoms with van der Waals surface area (Å²) in [5.41, 5.74) is 3.56. The monoisotopic (exact) mass is 219 g/mol. The molecule has 0 aliphatic carbocycles. The summed E-state index contributed by atoms with van der Waals surface area (Å²) in [5.74, 6) is 0. The van der Waals surface area contributed by atoms with Crippen LogP contribution in [0.15, 0.2) is 54.7 Å². The predicted octanol–water partition coefficient (Wildman–Crippen LogP) is 3.29. The van der Waals surface area contributed by atoms with Crippen molar-refractivity contribution in [3.8, 4) is 0 Å². The van der Waals surface area contributed by atoms with Gasteiger partial charge in [-0.25, -0.2) is 4.98 Å². The highest BCUT2D eigenvalue weighted by molar-refractivity contribution is 6.15. The number of fused-ring (bicyclic) bond motifs is 5. The smallest absolute Gasteiger partial charge is 0.212 e. The van der Waals surface area contributed by atoms with E-state index in [1.165, 1.54) is 27.2 Å². The van der Waals surface area contributed by atoms with Crippen LogP contribution in [0.3, 0.4) is 0 Å². The zero-order valence-corrected chi connectivity index (χ0v) is 9.20. The van der Waals surface area contributed by atoms with Crippen LogP contribution in [0.5, 0.6) is 0 Å². The average Bonchev–Trinajstić information content (AvgIpc) is 2.78. The van der Waals surface area contributed by atoms with Crippen molar-refractivity contribution in [2.45, 2.75) is 0 Å². The molecule has 0 saturated heterocycles. The Morgan fingerprint density at radius 3 is 2.65 bits per heavy atom. The fourth-order valence-corrected chi connectivity index (χ4v) is 2.52. The number of nitrogens with one attached hydrogen (secondary N) is 2. The Morgan fingerprint density at radius 2 is 1.65 bits per heavy atom. The van der Waals surface area contributed by atoms with Crippen LogP contribution in [-0.4, -0.2) is 4.98 Å². The number of para-hydroxylation sites is 1. The van der Waals surface area contributed by atoms with E-state index in [0.717, 1.165) is 5.52 Å². The molecule has 0 radical (unpaired) electrons. The van der Waals surface area contributed by atoms with Gasteiger partial charge in [0.25, 0.3) is 0 Å². The van der Waals surface area contributed by atoms with Gasteiger partial charge >= 0.3 is 0 Å². The first kappa shape index (κ1) is 8.76. The molecular formula is C15H11N2+. The zero-order chi connectivity index (χ0) is 11.2. The Balaban J connectivity index is 2.34. The fraction of sp³-hybridized carbons (Fsp3) is 0. The number of hydrogen-bond acceptors (Lipinski definition) is 0. The van der Waals surface area contributed by atoms with E-state index in [4.69, 9.17) is 0 Å². The van der Waals surface area contributed by atoms with Gasteiger partial charge in [0.05, 0.1) is 10.9 Å². The molecule has 0 saturated carbocycles. The molecule has 2 nitrogen and oxygen atoms in total. The quantitative estimate of drug-likeness (QED) is 0.470. The van der Waals surface area contributed by atoms with E-state index in [1.807, 2.05) is 12.3 Å². The minimum atomic E-state index is 1.16. The Bertz CT molecular complexity index is 843. The molecule has 0 aliphatic heterocycles. The molecule has 0 fully saturated rings. The number of rotatable bonds is 0. The van der Waals surface area contributed by atoms with Gasteiger partial charge < -0.3 is 4.98 Å². The molecule has 17 heavy (non-hydrogen) atoms. The maximum absolute atomic E-state index is 3.50. The molecule has 0 bridgehead atoms. The van der Waals surface area contributed by atoms with E-state index in [-0.39, 0.29) is 0 Å². The topological polar surface area (TPSA) is 29.9 Å². The number of hydrogen-bond donors (Lipinski definition) is 1. The van der Waals surface area contributed by atoms with Crippen molar-refractivity contribution < 1.29 is 4.98 Å². The number of aromatic nitrogens is 2. The van der Waals surface area contributed by atoms with E-state index < -0.39 is 0 Å². The Hall–Kier alpha value is -2.35. The molecule has 2 aromatic heterocycles. The van der Waals surface area contributed by atoms with Crippen molar-refractivity contribution in [2.24, 2.45) is 0 Å². The number of aromatic amines is 2. The SMILES string of the molecule is c1ccc2c(c1)[nH]c1c3ccc[nH+]c3ccc21. The molecule has 4 rings (SSSR count). The van der Waals surface area contributed by atoms with Gasteiger partial charge in [-0.1, -0.05) is 18.2 Å². The third-order valence-electron chi connectivity index (χ3n) is 3.32. The summed E-state index contributed by atoms with van der Waals surface area (Å²) in [6, 6.07) is 16.9. The molecule has 0 aliphatic rings. The van der Waals surface area contributed by atoms with Crippen molar-refractivity contribution >= 4 is 32.7 Å². The average molecular weight is 219 g/mol. The molecule has 2 aromatic carbocycles. The van der Waals surface area contributed by atoms with Crippen LogP contribution in [0.4, 0.5) is 0 Å². The van der Waals surface area contributed by atoms with Crippen LogP contribution in [0.2, 0.25) is 0 Å². The van der Waals surface area contributed by atoms with Crippen molar-refractivity contribution in [3.05, 3.63) is 54.7 Å². The molecule has 0 atom stereocenters. The van der Waals surface area contributed by atoms with E-state index in [1.54, 1.807) is 0 Å². The van der Waals surface area contributed by atoms with Gasteiger partial charge in [-0.05, 0) is 18.2 Å². The van der Waals surface area contributed by atoms with E-state index in [0.29, 0.717) is 0 Å². The lowest BCUT2D eigenvalue weighted by atomic mass is 10.1. The summed E-state index contributed by atoms with van der Waals surface area (Å²) < 4.78 is 0. The lowest BCUT2D eigenvalue weighted by molar-refractivity contribution is -0.344. The molecule has 2 heteroatoms. The second-order valence-corrected chi connectivity index (χ2v) is 4.29. The lowest BCUT2D eigenvalue weighted by Gasteiger charge is -1.93. The van der Waals surface area contributed by atoms with Gasteiger partial charge in [0.2, 0.25) is 5.52 Å². The van der Waals surface area contributed by atoms with Crippen LogP contribution in [0.1, 0.15) is 0 Å². The summed E-state index contributed by atoms with van der Waals surface area (Å²) in [6.07, 6.45) is 1.96. The van der Waals surface area contributed by atoms with E-state index in [9.17, 15) is 0 Å². The molecule has 2 N–H and O–H groups in total. The van der Waals surface area contributed by atoms with Gasteiger partial charge in [0.15, 0.2) is 6.20 Å². The third kappa shape index (κ3) is 1.12. The second-order valence-electron chi connectivity index (χ2n) is 4.29. The zero-order valence-electron chi connectivity index (χ0n) is 9.20. The van der Waals surface area contributed by atoms with Gasteiger partial charge in [-0.15, -0.1) is 0 Å². The summed E-state index contributed by atoms with van der Waals surface area (Å²) in [4.78, 5) is 6.77. The van der Waals surface area contributed by atoms with Crippen molar-refractivity contribution in [1.82, 2.24) is 4.98 Å². The molecule has 80 valence electrons. The standard InChI is InChI=1S/C15H10N2/c1-2-6-14-10(4-1)11-7-8-13-12(15(11)17-14)5-3-9-16-13/h1-9,17H/p+1. The summed E-state index contributed by atoms with van der Waals surface area (Å²) in [6.45, 7) is 0. The molecule has 4 aromatic rings. The van der Waals surface area contributed by atoms with Gasteiger partial charge in [-0.3, -0.25) is 0 Å². The number of pyridine rings is 1.